The van der Waals surface area contributed by atoms with Crippen molar-refractivity contribution in [1.82, 2.24) is 5.32 Å². The number of esters is 1. The van der Waals surface area contributed by atoms with E-state index >= 15 is 0 Å². The first-order valence-electron chi connectivity index (χ1n) is 8.24. The zero-order valence-corrected chi connectivity index (χ0v) is 17.3. The average Bonchev–Trinajstić information content (AvgIpc) is 3.20. The van der Waals surface area contributed by atoms with E-state index in [-0.39, 0.29) is 16.4 Å². The number of halogens is 2. The summed E-state index contributed by atoms with van der Waals surface area (Å²) in [6.07, 6.45) is 0. The van der Waals surface area contributed by atoms with Gasteiger partial charge in [-0.05, 0) is 48.6 Å². The Labute approximate surface area is 181 Å². The molecule has 6 nitrogen and oxygen atoms in total. The number of para-hydroxylation sites is 1. The number of benzene rings is 2. The Hall–Kier alpha value is -2.87. The van der Waals surface area contributed by atoms with Gasteiger partial charge in [-0.25, -0.2) is 4.79 Å². The van der Waals surface area contributed by atoms with Crippen LogP contribution in [0.4, 0.5) is 5.69 Å². The van der Waals surface area contributed by atoms with Gasteiger partial charge in [-0.2, -0.15) is 0 Å². The van der Waals surface area contributed by atoms with Crippen LogP contribution >= 0.6 is 35.4 Å². The highest BCUT2D eigenvalue weighted by atomic mass is 35.5. The number of carbonyl (C=O) groups is 2. The third-order valence-corrected chi connectivity index (χ3v) is 4.88. The summed E-state index contributed by atoms with van der Waals surface area (Å²) in [5.74, 6) is -0.683. The van der Waals surface area contributed by atoms with Gasteiger partial charge in [-0.15, -0.1) is 0 Å². The van der Waals surface area contributed by atoms with Crippen molar-refractivity contribution in [3.8, 4) is 11.3 Å². The van der Waals surface area contributed by atoms with Crippen LogP contribution in [0.25, 0.3) is 11.3 Å². The van der Waals surface area contributed by atoms with Crippen molar-refractivity contribution in [2.75, 3.05) is 12.4 Å². The molecule has 2 aromatic carbocycles. The number of hydrogen-bond acceptors (Lipinski definition) is 5. The molecule has 0 aliphatic rings. The molecule has 3 rings (SSSR count). The maximum Gasteiger partial charge on any atom is 0.339 e. The van der Waals surface area contributed by atoms with Crippen molar-refractivity contribution in [3.05, 3.63) is 76.0 Å². The monoisotopic (exact) mass is 448 g/mol. The largest absolute Gasteiger partial charge is 0.465 e. The van der Waals surface area contributed by atoms with E-state index < -0.39 is 11.9 Å². The summed E-state index contributed by atoms with van der Waals surface area (Å²) in [5.41, 5.74) is 1.24. The molecule has 0 radical (unpaired) electrons. The van der Waals surface area contributed by atoms with E-state index in [1.54, 1.807) is 48.5 Å². The Morgan fingerprint density at radius 1 is 1.03 bits per heavy atom. The number of ether oxygens (including phenoxy) is 1. The van der Waals surface area contributed by atoms with Crippen LogP contribution in [0.2, 0.25) is 10.0 Å². The van der Waals surface area contributed by atoms with Crippen molar-refractivity contribution < 1.29 is 18.7 Å². The molecular weight excluding hydrogens is 435 g/mol. The zero-order chi connectivity index (χ0) is 21.0. The standard InChI is InChI=1S/C20H14Cl2N2O4S/c1-27-19(26)11-5-2-3-8-14(11)23-20(29)24-18(25)16-10-9-15(28-16)12-6-4-7-13(21)17(12)22/h2-10H,1H3,(H2,23,24,25,29). The van der Waals surface area contributed by atoms with Gasteiger partial charge in [0.25, 0.3) is 5.91 Å². The summed E-state index contributed by atoms with van der Waals surface area (Å²) in [6, 6.07) is 14.8. The van der Waals surface area contributed by atoms with Crippen LogP contribution < -0.4 is 10.6 Å². The van der Waals surface area contributed by atoms with Gasteiger partial charge in [-0.3, -0.25) is 10.1 Å². The predicted molar refractivity (Wildman–Crippen MR) is 116 cm³/mol. The molecule has 1 amide bonds. The number of furan rings is 1. The number of thiocarbonyl (C=S) groups is 1. The molecule has 0 spiro atoms. The molecule has 29 heavy (non-hydrogen) atoms. The van der Waals surface area contributed by atoms with Crippen molar-refractivity contribution in [2.24, 2.45) is 0 Å². The summed E-state index contributed by atoms with van der Waals surface area (Å²) in [4.78, 5) is 24.3. The number of hydrogen-bond donors (Lipinski definition) is 2. The molecular formula is C20H14Cl2N2O4S. The number of nitrogens with one attached hydrogen (secondary N) is 2. The zero-order valence-electron chi connectivity index (χ0n) is 15.0. The number of carbonyl (C=O) groups excluding carboxylic acids is 2. The first-order valence-corrected chi connectivity index (χ1v) is 9.41. The normalized spacial score (nSPS) is 10.3. The van der Waals surface area contributed by atoms with Gasteiger partial charge in [0.05, 0.1) is 28.4 Å². The molecule has 0 aliphatic carbocycles. The summed E-state index contributed by atoms with van der Waals surface area (Å²) in [5, 5.41) is 5.99. The van der Waals surface area contributed by atoms with Gasteiger partial charge < -0.3 is 14.5 Å². The van der Waals surface area contributed by atoms with E-state index in [0.29, 0.717) is 27.1 Å². The van der Waals surface area contributed by atoms with Gasteiger partial charge in [-0.1, -0.05) is 41.4 Å². The summed E-state index contributed by atoms with van der Waals surface area (Å²) < 4.78 is 10.3. The Balaban J connectivity index is 1.72. The second-order valence-electron chi connectivity index (χ2n) is 5.71. The van der Waals surface area contributed by atoms with Crippen LogP contribution in [-0.4, -0.2) is 24.1 Å². The van der Waals surface area contributed by atoms with Crippen molar-refractivity contribution in [3.63, 3.8) is 0 Å². The second kappa shape index (κ2) is 9.09. The topological polar surface area (TPSA) is 80.6 Å². The highest BCUT2D eigenvalue weighted by Crippen LogP contribution is 2.34. The van der Waals surface area contributed by atoms with Crippen LogP contribution in [0.3, 0.4) is 0 Å². The van der Waals surface area contributed by atoms with E-state index in [2.05, 4.69) is 10.6 Å². The average molecular weight is 449 g/mol. The Bertz CT molecular complexity index is 1100. The van der Waals surface area contributed by atoms with E-state index in [4.69, 9.17) is 44.6 Å². The lowest BCUT2D eigenvalue weighted by Gasteiger charge is -2.11. The highest BCUT2D eigenvalue weighted by Gasteiger charge is 2.17. The molecule has 0 saturated carbocycles. The van der Waals surface area contributed by atoms with Gasteiger partial charge in [0.2, 0.25) is 0 Å². The minimum Gasteiger partial charge on any atom is -0.465 e. The molecule has 0 fully saturated rings. The van der Waals surface area contributed by atoms with Gasteiger partial charge in [0, 0.05) is 5.56 Å². The fourth-order valence-electron chi connectivity index (χ4n) is 2.50. The molecule has 0 saturated heterocycles. The summed E-state index contributed by atoms with van der Waals surface area (Å²) >= 11 is 17.4. The quantitative estimate of drug-likeness (QED) is 0.423. The van der Waals surface area contributed by atoms with E-state index in [1.807, 2.05) is 0 Å². The maximum absolute atomic E-state index is 12.4. The molecule has 0 atom stereocenters. The summed E-state index contributed by atoms with van der Waals surface area (Å²) in [6.45, 7) is 0. The van der Waals surface area contributed by atoms with Gasteiger partial charge in [0.1, 0.15) is 5.76 Å². The third-order valence-electron chi connectivity index (χ3n) is 3.85. The number of anilines is 1. The number of methoxy groups -OCH3 is 1. The minimum absolute atomic E-state index is 0.00917. The van der Waals surface area contributed by atoms with E-state index in [9.17, 15) is 9.59 Å². The van der Waals surface area contributed by atoms with Crippen molar-refractivity contribution in [2.45, 2.75) is 0 Å². The van der Waals surface area contributed by atoms with Crippen LogP contribution in [0.1, 0.15) is 20.9 Å². The molecule has 1 heterocycles. The lowest BCUT2D eigenvalue weighted by Crippen LogP contribution is -2.34. The molecule has 2 N–H and O–H groups in total. The molecule has 9 heteroatoms. The van der Waals surface area contributed by atoms with E-state index in [1.165, 1.54) is 13.2 Å². The summed E-state index contributed by atoms with van der Waals surface area (Å²) in [7, 11) is 1.28. The third kappa shape index (κ3) is 4.76. The fourth-order valence-corrected chi connectivity index (χ4v) is 3.09. The Morgan fingerprint density at radius 3 is 2.55 bits per heavy atom. The second-order valence-corrected chi connectivity index (χ2v) is 6.90. The van der Waals surface area contributed by atoms with Crippen LogP contribution in [0, 0.1) is 0 Å². The molecule has 0 unspecified atom stereocenters. The SMILES string of the molecule is COC(=O)c1ccccc1NC(=S)NC(=O)c1ccc(-c2cccc(Cl)c2Cl)o1. The number of amides is 1. The smallest absolute Gasteiger partial charge is 0.339 e. The van der Waals surface area contributed by atoms with Gasteiger partial charge >= 0.3 is 5.97 Å². The van der Waals surface area contributed by atoms with Crippen LogP contribution in [0.5, 0.6) is 0 Å². The fraction of sp³-hybridized carbons (Fsp3) is 0.0500. The first-order chi connectivity index (χ1) is 13.9. The first kappa shape index (κ1) is 20.9. The van der Waals surface area contributed by atoms with Crippen LogP contribution in [-0.2, 0) is 4.74 Å². The van der Waals surface area contributed by atoms with Crippen LogP contribution in [0.15, 0.2) is 59.0 Å². The highest BCUT2D eigenvalue weighted by molar-refractivity contribution is 7.80. The lowest BCUT2D eigenvalue weighted by molar-refractivity contribution is 0.0602. The van der Waals surface area contributed by atoms with Crippen molar-refractivity contribution in [1.29, 1.82) is 0 Å². The minimum atomic E-state index is -0.567. The maximum atomic E-state index is 12.4. The Kier molecular flexibility index (Phi) is 6.53. The Morgan fingerprint density at radius 2 is 1.79 bits per heavy atom. The molecule has 3 aromatic rings. The number of rotatable bonds is 4. The predicted octanol–water partition coefficient (Wildman–Crippen LogP) is 5.17. The van der Waals surface area contributed by atoms with E-state index in [0.717, 1.165) is 0 Å². The molecule has 148 valence electrons. The van der Waals surface area contributed by atoms with Gasteiger partial charge in [0.15, 0.2) is 10.9 Å². The molecule has 0 aliphatic heterocycles. The van der Waals surface area contributed by atoms with Crippen molar-refractivity contribution >= 4 is 58.1 Å². The molecule has 1 aromatic heterocycles. The lowest BCUT2D eigenvalue weighted by atomic mass is 10.2. The molecule has 0 bridgehead atoms.